The minimum Gasteiger partial charge on any atom is -0.260 e. The third-order valence-electron chi connectivity index (χ3n) is 2.89. The van der Waals surface area contributed by atoms with E-state index in [4.69, 9.17) is 0 Å². The summed E-state index contributed by atoms with van der Waals surface area (Å²) in [5, 5.41) is 0. The van der Waals surface area contributed by atoms with Crippen molar-refractivity contribution in [3.63, 3.8) is 0 Å². The average Bonchev–Trinajstić information content (AvgIpc) is 2.35. The van der Waals surface area contributed by atoms with Crippen molar-refractivity contribution in [1.82, 2.24) is 4.72 Å². The lowest BCUT2D eigenvalue weighted by molar-refractivity contribution is 0.521. The number of hydrogen-bond donors (Lipinski definition) is 1. The largest absolute Gasteiger partial charge is 0.260 e. The fraction of sp³-hybridized carbons (Fsp3) is 0.455. The van der Waals surface area contributed by atoms with Crippen LogP contribution in [0.3, 0.4) is 0 Å². The smallest absolute Gasteiger partial charge is 0.241 e. The number of sulfonamides is 1. The maximum Gasteiger partial charge on any atom is 0.241 e. The average molecular weight is 431 g/mol. The lowest BCUT2D eigenvalue weighted by Crippen LogP contribution is -2.39. The Morgan fingerprint density at radius 2 is 1.84 bits per heavy atom. The molecule has 4 nitrogen and oxygen atoms in total. The summed E-state index contributed by atoms with van der Waals surface area (Å²) >= 11 is 6.52. The predicted molar refractivity (Wildman–Crippen MR) is 83.1 cm³/mol. The van der Waals surface area contributed by atoms with Crippen molar-refractivity contribution in [3.05, 3.63) is 27.1 Å². The highest BCUT2D eigenvalue weighted by atomic mass is 79.9. The van der Waals surface area contributed by atoms with Crippen molar-refractivity contribution >= 4 is 52.7 Å². The molecule has 1 aliphatic heterocycles. The van der Waals surface area contributed by atoms with Gasteiger partial charge in [0.05, 0.1) is 4.90 Å². The summed E-state index contributed by atoms with van der Waals surface area (Å²) in [5.74, 6) is 1.12. The first-order chi connectivity index (χ1) is 8.88. The van der Waals surface area contributed by atoms with E-state index in [1.165, 1.54) is 0 Å². The van der Waals surface area contributed by atoms with Gasteiger partial charge in [-0.1, -0.05) is 15.9 Å². The van der Waals surface area contributed by atoms with Gasteiger partial charge in [-0.15, -0.1) is 0 Å². The van der Waals surface area contributed by atoms with E-state index in [1.807, 2.05) is 0 Å². The van der Waals surface area contributed by atoms with E-state index in [0.29, 0.717) is 33.3 Å². The second-order valence-corrected chi connectivity index (χ2v) is 9.47. The van der Waals surface area contributed by atoms with E-state index >= 15 is 0 Å². The van der Waals surface area contributed by atoms with Crippen molar-refractivity contribution in [1.29, 1.82) is 0 Å². The molecule has 2 rings (SSSR count). The summed E-state index contributed by atoms with van der Waals surface area (Å²) in [7, 11) is -4.35. The monoisotopic (exact) mass is 429 g/mol. The Labute approximate surface area is 132 Å². The zero-order chi connectivity index (χ0) is 14.0. The van der Waals surface area contributed by atoms with Crippen molar-refractivity contribution in [2.45, 2.75) is 23.8 Å². The molecule has 8 heteroatoms. The number of rotatable bonds is 3. The first kappa shape index (κ1) is 15.6. The summed E-state index contributed by atoms with van der Waals surface area (Å²) in [6.45, 7) is 0. The van der Waals surface area contributed by atoms with E-state index in [1.54, 1.807) is 18.2 Å². The summed E-state index contributed by atoms with van der Waals surface area (Å²) in [6.07, 6.45) is 1.24. The normalized spacial score (nSPS) is 24.3. The Bertz CT molecular complexity index is 594. The number of benzene rings is 1. The highest BCUT2D eigenvalue weighted by Gasteiger charge is 2.25. The van der Waals surface area contributed by atoms with Gasteiger partial charge < -0.3 is 0 Å². The molecule has 1 aliphatic rings. The van der Waals surface area contributed by atoms with Gasteiger partial charge in [0, 0.05) is 37.3 Å². The molecule has 0 bridgehead atoms. The summed E-state index contributed by atoms with van der Waals surface area (Å²) in [6, 6.07) is 4.89. The molecular formula is C11H13Br2NO3S2. The van der Waals surface area contributed by atoms with E-state index in [9.17, 15) is 12.6 Å². The molecule has 0 aliphatic carbocycles. The molecule has 106 valence electrons. The predicted octanol–water partition coefficient (Wildman–Crippen LogP) is 2.40. The van der Waals surface area contributed by atoms with Crippen LogP contribution in [-0.2, 0) is 20.8 Å². The van der Waals surface area contributed by atoms with Crippen LogP contribution in [0, 0.1) is 0 Å². The van der Waals surface area contributed by atoms with Gasteiger partial charge in [0.15, 0.2) is 0 Å². The Morgan fingerprint density at radius 1 is 1.21 bits per heavy atom. The summed E-state index contributed by atoms with van der Waals surface area (Å²) in [4.78, 5) is 0.216. The van der Waals surface area contributed by atoms with Crippen LogP contribution in [-0.4, -0.2) is 30.2 Å². The molecule has 19 heavy (non-hydrogen) atoms. The third kappa shape index (κ3) is 4.10. The fourth-order valence-electron chi connectivity index (χ4n) is 1.88. The lowest BCUT2D eigenvalue weighted by atomic mass is 10.2. The van der Waals surface area contributed by atoms with E-state index in [0.717, 1.165) is 0 Å². The van der Waals surface area contributed by atoms with Crippen LogP contribution in [0.4, 0.5) is 0 Å². The van der Waals surface area contributed by atoms with Gasteiger partial charge >= 0.3 is 0 Å². The van der Waals surface area contributed by atoms with Gasteiger partial charge in [0.25, 0.3) is 0 Å². The standard InChI is InChI=1S/C11H13Br2NO3S2/c12-8-1-2-10(13)11(7-8)19(16,17)14-9-3-5-18(15)6-4-9/h1-2,7,9,14H,3-6H2. The molecule has 0 radical (unpaired) electrons. The van der Waals surface area contributed by atoms with Crippen LogP contribution < -0.4 is 4.72 Å². The highest BCUT2D eigenvalue weighted by Crippen LogP contribution is 2.26. The van der Waals surface area contributed by atoms with Crippen LogP contribution in [0.2, 0.25) is 0 Å². The van der Waals surface area contributed by atoms with Crippen LogP contribution in [0.1, 0.15) is 12.8 Å². The van der Waals surface area contributed by atoms with Gasteiger partial charge in [-0.2, -0.15) is 0 Å². The maximum atomic E-state index is 12.3. The molecule has 1 aromatic carbocycles. The molecule has 1 heterocycles. The minimum absolute atomic E-state index is 0.131. The molecule has 0 saturated carbocycles. The zero-order valence-electron chi connectivity index (χ0n) is 9.93. The lowest BCUT2D eigenvalue weighted by Gasteiger charge is -2.22. The third-order valence-corrected chi connectivity index (χ3v) is 7.28. The van der Waals surface area contributed by atoms with Crippen LogP contribution in [0.15, 0.2) is 32.0 Å². The molecule has 0 unspecified atom stereocenters. The Morgan fingerprint density at radius 3 is 2.47 bits per heavy atom. The van der Waals surface area contributed by atoms with Crippen LogP contribution >= 0.6 is 31.9 Å². The summed E-state index contributed by atoms with van der Waals surface area (Å²) in [5.41, 5.74) is 0. The Kier molecular flexibility index (Phi) is 5.21. The number of hydrogen-bond acceptors (Lipinski definition) is 3. The van der Waals surface area contributed by atoms with E-state index < -0.39 is 20.8 Å². The molecule has 0 atom stereocenters. The molecule has 0 aromatic heterocycles. The van der Waals surface area contributed by atoms with E-state index in [2.05, 4.69) is 36.6 Å². The van der Waals surface area contributed by atoms with Crippen molar-refractivity contribution < 1.29 is 12.6 Å². The minimum atomic E-state index is -3.56. The summed E-state index contributed by atoms with van der Waals surface area (Å²) < 4.78 is 39.8. The van der Waals surface area contributed by atoms with Crippen LogP contribution in [0.25, 0.3) is 0 Å². The molecule has 1 saturated heterocycles. The first-order valence-corrected chi connectivity index (χ1v) is 10.3. The zero-order valence-corrected chi connectivity index (χ0v) is 14.7. The first-order valence-electron chi connectivity index (χ1n) is 5.71. The van der Waals surface area contributed by atoms with E-state index in [-0.39, 0.29) is 10.9 Å². The number of nitrogens with one attached hydrogen (secondary N) is 1. The van der Waals surface area contributed by atoms with Gasteiger partial charge in [-0.3, -0.25) is 4.21 Å². The molecule has 1 N–H and O–H groups in total. The van der Waals surface area contributed by atoms with Crippen molar-refractivity contribution in [3.8, 4) is 0 Å². The van der Waals surface area contributed by atoms with Crippen molar-refractivity contribution in [2.24, 2.45) is 0 Å². The quantitative estimate of drug-likeness (QED) is 0.800. The van der Waals surface area contributed by atoms with Gasteiger partial charge in [-0.25, -0.2) is 13.1 Å². The topological polar surface area (TPSA) is 63.2 Å². The SMILES string of the molecule is O=S1CCC(NS(=O)(=O)c2cc(Br)ccc2Br)CC1. The highest BCUT2D eigenvalue weighted by molar-refractivity contribution is 9.11. The van der Waals surface area contributed by atoms with Gasteiger partial charge in [0.1, 0.15) is 0 Å². The second kappa shape index (κ2) is 6.34. The van der Waals surface area contributed by atoms with Gasteiger partial charge in [0.2, 0.25) is 10.0 Å². The molecule has 0 amide bonds. The van der Waals surface area contributed by atoms with Crippen LogP contribution in [0.5, 0.6) is 0 Å². The number of halogens is 2. The Balaban J connectivity index is 2.18. The second-order valence-electron chi connectivity index (χ2n) is 4.32. The fourth-order valence-corrected chi connectivity index (χ4v) is 5.98. The maximum absolute atomic E-state index is 12.3. The molecule has 1 fully saturated rings. The molecule has 0 spiro atoms. The Hall–Kier alpha value is 0.240. The molecular weight excluding hydrogens is 418 g/mol. The molecule has 1 aromatic rings. The van der Waals surface area contributed by atoms with Crippen molar-refractivity contribution in [2.75, 3.05) is 11.5 Å². The van der Waals surface area contributed by atoms with Gasteiger partial charge in [-0.05, 0) is 47.0 Å².